The molecule has 0 bridgehead atoms. The number of fused-ring (bicyclic) bond motifs is 1. The van der Waals surface area contributed by atoms with Gasteiger partial charge >= 0.3 is 18.3 Å². The highest BCUT2D eigenvalue weighted by Crippen LogP contribution is 2.57. The van der Waals surface area contributed by atoms with Crippen molar-refractivity contribution in [1.29, 1.82) is 0 Å². The quantitative estimate of drug-likeness (QED) is 0.849. The third-order valence-corrected chi connectivity index (χ3v) is 6.18. The fraction of sp³-hybridized carbons (Fsp3) is 0.579. The van der Waals surface area contributed by atoms with Crippen LogP contribution >= 0.6 is 0 Å². The van der Waals surface area contributed by atoms with Crippen LogP contribution in [0.15, 0.2) is 24.3 Å². The average molecular weight is 397 g/mol. The highest BCUT2D eigenvalue weighted by Gasteiger charge is 2.65. The lowest BCUT2D eigenvalue weighted by molar-refractivity contribution is -0.226. The lowest BCUT2D eigenvalue weighted by Crippen LogP contribution is -2.44. The minimum Gasteiger partial charge on any atom is -0.447 e. The van der Waals surface area contributed by atoms with Crippen LogP contribution in [-0.4, -0.2) is 49.4 Å². The first-order valence-electron chi connectivity index (χ1n) is 9.43. The van der Waals surface area contributed by atoms with Crippen LogP contribution in [0, 0.1) is 11.3 Å². The van der Waals surface area contributed by atoms with E-state index in [1.165, 1.54) is 9.80 Å². The number of halogens is 3. The molecule has 1 aromatic rings. The van der Waals surface area contributed by atoms with E-state index in [1.54, 1.807) is 24.3 Å². The van der Waals surface area contributed by atoms with Gasteiger partial charge in [-0.15, -0.1) is 0 Å². The Kier molecular flexibility index (Phi) is 4.63. The van der Waals surface area contributed by atoms with Crippen LogP contribution in [0.2, 0.25) is 0 Å². The van der Waals surface area contributed by atoms with E-state index in [0.29, 0.717) is 31.7 Å². The number of nitrogens with one attached hydrogen (secondary N) is 1. The first kappa shape index (κ1) is 18.9. The van der Waals surface area contributed by atoms with Crippen LogP contribution in [0.3, 0.4) is 0 Å². The van der Waals surface area contributed by atoms with E-state index in [9.17, 15) is 22.8 Å². The Morgan fingerprint density at radius 2 is 2.04 bits per heavy atom. The zero-order chi connectivity index (χ0) is 19.9. The number of amides is 3. The molecule has 2 heterocycles. The molecule has 1 aliphatic carbocycles. The number of cyclic esters (lactones) is 1. The second-order valence-corrected chi connectivity index (χ2v) is 7.71. The zero-order valence-corrected chi connectivity index (χ0v) is 15.3. The molecule has 3 aliphatic rings. The molecule has 0 spiro atoms. The number of alkyl halides is 3. The average Bonchev–Trinajstić information content (AvgIpc) is 3.33. The lowest BCUT2D eigenvalue weighted by atomic mass is 9.80. The summed E-state index contributed by atoms with van der Waals surface area (Å²) in [4.78, 5) is 26.8. The molecule has 3 amide bonds. The first-order valence-corrected chi connectivity index (χ1v) is 9.43. The lowest BCUT2D eigenvalue weighted by Gasteiger charge is -2.31. The molecule has 4 rings (SSSR count). The molecule has 1 aromatic carbocycles. The molecule has 152 valence electrons. The van der Waals surface area contributed by atoms with E-state index in [0.717, 1.165) is 5.56 Å². The highest BCUT2D eigenvalue weighted by atomic mass is 19.4. The Morgan fingerprint density at radius 1 is 1.29 bits per heavy atom. The predicted octanol–water partition coefficient (Wildman–Crippen LogP) is 3.52. The molecule has 28 heavy (non-hydrogen) atoms. The molecule has 6 nitrogen and oxygen atoms in total. The van der Waals surface area contributed by atoms with Gasteiger partial charge in [-0.05, 0) is 36.5 Å². The number of hydrogen-bond acceptors (Lipinski definition) is 3. The predicted molar refractivity (Wildman–Crippen MR) is 94.8 cm³/mol. The van der Waals surface area contributed by atoms with Gasteiger partial charge in [0.2, 0.25) is 0 Å². The Morgan fingerprint density at radius 3 is 2.64 bits per heavy atom. The number of urea groups is 1. The van der Waals surface area contributed by atoms with Gasteiger partial charge in [0.1, 0.15) is 6.61 Å². The van der Waals surface area contributed by atoms with Gasteiger partial charge in [0.15, 0.2) is 0 Å². The van der Waals surface area contributed by atoms with Crippen molar-refractivity contribution in [2.24, 2.45) is 11.3 Å². The zero-order valence-electron chi connectivity index (χ0n) is 15.3. The summed E-state index contributed by atoms with van der Waals surface area (Å²) in [6.07, 6.45) is -3.49. The monoisotopic (exact) mass is 397 g/mol. The van der Waals surface area contributed by atoms with Gasteiger partial charge in [0.05, 0.1) is 12.0 Å². The summed E-state index contributed by atoms with van der Waals surface area (Å²) < 4.78 is 45.7. The van der Waals surface area contributed by atoms with Gasteiger partial charge in [0.25, 0.3) is 0 Å². The van der Waals surface area contributed by atoms with Gasteiger partial charge in [0, 0.05) is 25.3 Å². The summed E-state index contributed by atoms with van der Waals surface area (Å²) in [5.74, 6) is -0.502. The number of anilines is 1. The molecule has 1 saturated carbocycles. The maximum Gasteiger partial charge on any atom is 0.414 e. The van der Waals surface area contributed by atoms with E-state index in [2.05, 4.69) is 5.32 Å². The van der Waals surface area contributed by atoms with Crippen LogP contribution in [-0.2, 0) is 11.3 Å². The number of rotatable bonds is 3. The largest absolute Gasteiger partial charge is 0.447 e. The molecular formula is C19H22F3N3O3. The van der Waals surface area contributed by atoms with Crippen LogP contribution in [0.25, 0.3) is 0 Å². The molecular weight excluding hydrogens is 375 g/mol. The van der Waals surface area contributed by atoms with Gasteiger partial charge in [-0.3, -0.25) is 4.90 Å². The van der Waals surface area contributed by atoms with Crippen molar-refractivity contribution in [3.05, 3.63) is 29.8 Å². The minimum absolute atomic E-state index is 0.103. The van der Waals surface area contributed by atoms with Crippen LogP contribution in [0.4, 0.5) is 28.4 Å². The van der Waals surface area contributed by atoms with E-state index < -0.39 is 23.5 Å². The standard InChI is InChI=1S/C19H22F3N3O3/c20-19(21,22)18-7-1-2-14(18)11-24(12-18)16(26)23-10-13-3-5-15(6-4-13)25-8-9-28-17(25)27/h3-6,14H,1-2,7-12H2,(H,23,26)/t14-,18-/m0/s1. The molecule has 2 atom stereocenters. The van der Waals surface area contributed by atoms with Crippen molar-refractivity contribution >= 4 is 17.8 Å². The maximum absolute atomic E-state index is 13.6. The fourth-order valence-corrected chi connectivity index (χ4v) is 4.62. The number of nitrogens with zero attached hydrogens (tertiary/aromatic N) is 2. The number of carbonyl (C=O) groups is 2. The number of likely N-dealkylation sites (tertiary alicyclic amines) is 1. The smallest absolute Gasteiger partial charge is 0.414 e. The molecule has 9 heteroatoms. The Labute approximate surface area is 160 Å². The first-order chi connectivity index (χ1) is 13.3. The van der Waals surface area contributed by atoms with Crippen molar-refractivity contribution in [3.8, 4) is 0 Å². The fourth-order valence-electron chi connectivity index (χ4n) is 4.62. The van der Waals surface area contributed by atoms with Crippen molar-refractivity contribution in [2.75, 3.05) is 31.1 Å². The Bertz CT molecular complexity index is 768. The van der Waals surface area contributed by atoms with Gasteiger partial charge in [-0.25, -0.2) is 9.59 Å². The molecule has 2 aliphatic heterocycles. The molecule has 0 radical (unpaired) electrons. The number of ether oxygens (including phenoxy) is 1. The second-order valence-electron chi connectivity index (χ2n) is 7.71. The molecule has 1 N–H and O–H groups in total. The van der Waals surface area contributed by atoms with Gasteiger partial charge < -0.3 is 15.0 Å². The summed E-state index contributed by atoms with van der Waals surface area (Å²) in [6.45, 7) is 0.951. The van der Waals surface area contributed by atoms with Crippen molar-refractivity contribution < 1.29 is 27.5 Å². The number of carbonyl (C=O) groups excluding carboxylic acids is 2. The van der Waals surface area contributed by atoms with Crippen molar-refractivity contribution in [1.82, 2.24) is 10.2 Å². The normalized spacial score (nSPS) is 27.1. The second kappa shape index (κ2) is 6.86. The van der Waals surface area contributed by atoms with E-state index in [1.807, 2.05) is 0 Å². The van der Waals surface area contributed by atoms with Gasteiger partial charge in [-0.1, -0.05) is 18.6 Å². The topological polar surface area (TPSA) is 61.9 Å². The molecule has 0 unspecified atom stereocenters. The van der Waals surface area contributed by atoms with Crippen molar-refractivity contribution in [3.63, 3.8) is 0 Å². The van der Waals surface area contributed by atoms with Crippen LogP contribution < -0.4 is 10.2 Å². The summed E-state index contributed by atoms with van der Waals surface area (Å²) in [6, 6.07) is 6.60. The molecule has 3 fully saturated rings. The minimum atomic E-state index is -4.28. The summed E-state index contributed by atoms with van der Waals surface area (Å²) >= 11 is 0. The Hall–Kier alpha value is -2.45. The van der Waals surface area contributed by atoms with Crippen LogP contribution in [0.5, 0.6) is 0 Å². The van der Waals surface area contributed by atoms with E-state index >= 15 is 0 Å². The Balaban J connectivity index is 1.34. The third kappa shape index (κ3) is 3.16. The van der Waals surface area contributed by atoms with Crippen LogP contribution in [0.1, 0.15) is 24.8 Å². The SMILES string of the molecule is O=C(NCc1ccc(N2CCOC2=O)cc1)N1C[C@@H]2CCC[C@]2(C(F)(F)F)C1. The summed E-state index contributed by atoms with van der Waals surface area (Å²) in [5, 5.41) is 2.71. The molecule has 0 aromatic heterocycles. The number of benzene rings is 1. The number of hydrogen-bond donors (Lipinski definition) is 1. The van der Waals surface area contributed by atoms with Crippen molar-refractivity contribution in [2.45, 2.75) is 32.0 Å². The third-order valence-electron chi connectivity index (χ3n) is 6.18. The van der Waals surface area contributed by atoms with E-state index in [4.69, 9.17) is 4.74 Å². The van der Waals surface area contributed by atoms with Gasteiger partial charge in [-0.2, -0.15) is 13.2 Å². The highest BCUT2D eigenvalue weighted by molar-refractivity contribution is 5.89. The van der Waals surface area contributed by atoms with E-state index in [-0.39, 0.29) is 32.1 Å². The molecule has 2 saturated heterocycles. The maximum atomic E-state index is 13.6. The summed E-state index contributed by atoms with van der Waals surface area (Å²) in [7, 11) is 0. The summed E-state index contributed by atoms with van der Waals surface area (Å²) in [5.41, 5.74) is -0.234.